The van der Waals surface area contributed by atoms with Gasteiger partial charge in [-0.15, -0.1) is 0 Å². The number of carbonyl (C=O) groups excluding carboxylic acids is 3. The number of imidazole rings is 1. The minimum Gasteiger partial charge on any atom is -0.504 e. The van der Waals surface area contributed by atoms with E-state index in [9.17, 15) is 24.6 Å². The van der Waals surface area contributed by atoms with Gasteiger partial charge in [-0.05, 0) is 36.6 Å². The lowest BCUT2D eigenvalue weighted by molar-refractivity contribution is -0.136. The number of H-pyrrole nitrogens is 1. The normalized spacial score (nSPS) is 17.2. The summed E-state index contributed by atoms with van der Waals surface area (Å²) in [5.41, 5.74) is 6.58. The molecule has 0 radical (unpaired) electrons. The van der Waals surface area contributed by atoms with E-state index in [1.807, 2.05) is 0 Å². The number of hydrogen-bond donors (Lipinski definition) is 5. The molecule has 1 aromatic heterocycles. The third kappa shape index (κ3) is 4.96. The summed E-state index contributed by atoms with van der Waals surface area (Å²) in [5.74, 6) is -2.04. The van der Waals surface area contributed by atoms with Crippen molar-refractivity contribution in [1.29, 1.82) is 0 Å². The molecule has 3 amide bonds. The summed E-state index contributed by atoms with van der Waals surface area (Å²) < 4.78 is 0. The van der Waals surface area contributed by atoms with Crippen molar-refractivity contribution < 1.29 is 24.6 Å². The van der Waals surface area contributed by atoms with Crippen LogP contribution in [-0.2, 0) is 20.8 Å². The number of likely N-dealkylation sites (tertiary alicyclic amines) is 1. The van der Waals surface area contributed by atoms with Gasteiger partial charge in [0.2, 0.25) is 17.7 Å². The highest BCUT2D eigenvalue weighted by molar-refractivity contribution is 5.97. The zero-order valence-corrected chi connectivity index (χ0v) is 16.1. The quantitative estimate of drug-likeness (QED) is 0.318. The van der Waals surface area contributed by atoms with E-state index in [2.05, 4.69) is 15.3 Å². The van der Waals surface area contributed by atoms with Gasteiger partial charge in [-0.1, -0.05) is 6.07 Å². The molecule has 1 aromatic carbocycles. The van der Waals surface area contributed by atoms with E-state index in [1.165, 1.54) is 35.5 Å². The molecule has 6 N–H and O–H groups in total. The molecule has 1 saturated heterocycles. The maximum atomic E-state index is 12.7. The standard InChI is InChI=1S/C20H23N5O5/c21-19(29)14(9-13-10-22-11-23-13)24-20(30)15-2-1-7-25(15)18(28)6-4-12-3-5-16(26)17(27)8-12/h3-6,8,10-11,14-15,26-27H,1-2,7,9H2,(H2,21,29)(H,22,23)(H,24,30)/b6-4+/t14-,15-/m0/s1. The lowest BCUT2D eigenvalue weighted by atomic mass is 10.1. The minimum atomic E-state index is -0.925. The smallest absolute Gasteiger partial charge is 0.247 e. The van der Waals surface area contributed by atoms with Crippen molar-refractivity contribution in [3.63, 3.8) is 0 Å². The first-order valence-electron chi connectivity index (χ1n) is 9.42. The van der Waals surface area contributed by atoms with Gasteiger partial charge in [0.15, 0.2) is 11.5 Å². The molecule has 0 bridgehead atoms. The number of hydrogen-bond acceptors (Lipinski definition) is 6. The van der Waals surface area contributed by atoms with Crippen molar-refractivity contribution in [1.82, 2.24) is 20.2 Å². The average Bonchev–Trinajstić information content (AvgIpc) is 3.39. The van der Waals surface area contributed by atoms with E-state index in [0.29, 0.717) is 30.6 Å². The first-order valence-corrected chi connectivity index (χ1v) is 9.42. The summed E-state index contributed by atoms with van der Waals surface area (Å²) in [4.78, 5) is 45.2. The first-order chi connectivity index (χ1) is 14.3. The van der Waals surface area contributed by atoms with Gasteiger partial charge in [0.1, 0.15) is 12.1 Å². The number of aromatic amines is 1. The van der Waals surface area contributed by atoms with E-state index in [1.54, 1.807) is 12.3 Å². The van der Waals surface area contributed by atoms with Crippen molar-refractivity contribution in [2.24, 2.45) is 5.73 Å². The Balaban J connectivity index is 1.65. The molecule has 2 heterocycles. The Bertz CT molecular complexity index is 957. The van der Waals surface area contributed by atoms with Crippen LogP contribution in [-0.4, -0.2) is 61.4 Å². The molecule has 158 valence electrons. The molecule has 0 saturated carbocycles. The summed E-state index contributed by atoms with van der Waals surface area (Å²) >= 11 is 0. The van der Waals surface area contributed by atoms with Gasteiger partial charge in [-0.25, -0.2) is 4.98 Å². The fourth-order valence-electron chi connectivity index (χ4n) is 3.32. The second kappa shape index (κ2) is 9.12. The van der Waals surface area contributed by atoms with Crippen LogP contribution in [0.3, 0.4) is 0 Å². The SMILES string of the molecule is NC(=O)[C@H](Cc1cnc[nH]1)NC(=O)[C@@H]1CCCN1C(=O)/C=C/c1ccc(O)c(O)c1. The maximum Gasteiger partial charge on any atom is 0.247 e. The predicted octanol–water partition coefficient (Wildman–Crippen LogP) is 0.0379. The lowest BCUT2D eigenvalue weighted by Crippen LogP contribution is -2.52. The van der Waals surface area contributed by atoms with Crippen molar-refractivity contribution >= 4 is 23.8 Å². The molecule has 3 rings (SSSR count). The van der Waals surface area contributed by atoms with Gasteiger partial charge in [0, 0.05) is 30.9 Å². The summed E-state index contributed by atoms with van der Waals surface area (Å²) in [6, 6.07) is 2.54. The third-order valence-corrected chi connectivity index (χ3v) is 4.90. The highest BCUT2D eigenvalue weighted by Gasteiger charge is 2.34. The monoisotopic (exact) mass is 413 g/mol. The van der Waals surface area contributed by atoms with Crippen molar-refractivity contribution in [3.05, 3.63) is 48.1 Å². The number of phenolic OH excluding ortho intramolecular Hbond substituents is 2. The number of amides is 3. The molecule has 2 aromatic rings. The van der Waals surface area contributed by atoms with Crippen molar-refractivity contribution in [3.8, 4) is 11.5 Å². The van der Waals surface area contributed by atoms with Crippen LogP contribution in [0.25, 0.3) is 6.08 Å². The Hall–Kier alpha value is -3.82. The Morgan fingerprint density at radius 3 is 2.80 bits per heavy atom. The fraction of sp³-hybridized carbons (Fsp3) is 0.300. The fourth-order valence-corrected chi connectivity index (χ4v) is 3.32. The largest absolute Gasteiger partial charge is 0.504 e. The molecule has 1 aliphatic heterocycles. The molecular weight excluding hydrogens is 390 g/mol. The first kappa shape index (κ1) is 20.9. The molecule has 30 heavy (non-hydrogen) atoms. The van der Waals surface area contributed by atoms with Gasteiger partial charge in [-0.3, -0.25) is 14.4 Å². The van der Waals surface area contributed by atoms with Crippen LogP contribution < -0.4 is 11.1 Å². The molecule has 0 unspecified atom stereocenters. The molecule has 2 atom stereocenters. The number of aromatic hydroxyl groups is 2. The number of nitrogens with one attached hydrogen (secondary N) is 2. The van der Waals surface area contributed by atoms with Gasteiger partial charge in [0.25, 0.3) is 0 Å². The van der Waals surface area contributed by atoms with Crippen molar-refractivity contribution in [2.75, 3.05) is 6.54 Å². The van der Waals surface area contributed by atoms with Gasteiger partial charge in [-0.2, -0.15) is 0 Å². The number of nitrogens with two attached hydrogens (primary N) is 1. The van der Waals surface area contributed by atoms with Gasteiger partial charge >= 0.3 is 0 Å². The Morgan fingerprint density at radius 2 is 2.13 bits per heavy atom. The topological polar surface area (TPSA) is 162 Å². The summed E-state index contributed by atoms with van der Waals surface area (Å²) in [6.07, 6.45) is 7.09. The van der Waals surface area contributed by atoms with Crippen LogP contribution in [0.4, 0.5) is 0 Å². The molecule has 1 fully saturated rings. The van der Waals surface area contributed by atoms with Crippen molar-refractivity contribution in [2.45, 2.75) is 31.3 Å². The molecule has 0 spiro atoms. The number of aromatic nitrogens is 2. The number of nitrogens with zero attached hydrogens (tertiary/aromatic N) is 2. The number of rotatable bonds is 7. The summed E-state index contributed by atoms with van der Waals surface area (Å²) in [5, 5.41) is 21.5. The lowest BCUT2D eigenvalue weighted by Gasteiger charge is -2.24. The Morgan fingerprint density at radius 1 is 1.33 bits per heavy atom. The molecule has 10 heteroatoms. The van der Waals surface area contributed by atoms with Crippen LogP contribution >= 0.6 is 0 Å². The van der Waals surface area contributed by atoms with E-state index in [0.717, 1.165) is 0 Å². The zero-order chi connectivity index (χ0) is 21.7. The van der Waals surface area contributed by atoms with Crippen LogP contribution in [0.15, 0.2) is 36.8 Å². The van der Waals surface area contributed by atoms with Crippen LogP contribution in [0.5, 0.6) is 11.5 Å². The molecule has 1 aliphatic rings. The predicted molar refractivity (Wildman–Crippen MR) is 107 cm³/mol. The van der Waals surface area contributed by atoms with Crippen LogP contribution in [0, 0.1) is 0 Å². The summed E-state index contributed by atoms with van der Waals surface area (Å²) in [6.45, 7) is 0.407. The highest BCUT2D eigenvalue weighted by atomic mass is 16.3. The number of primary amides is 1. The maximum absolute atomic E-state index is 12.7. The molecule has 0 aliphatic carbocycles. The van der Waals surface area contributed by atoms with E-state index in [4.69, 9.17) is 5.73 Å². The van der Waals surface area contributed by atoms with E-state index in [-0.39, 0.29) is 23.8 Å². The molecule has 10 nitrogen and oxygen atoms in total. The van der Waals surface area contributed by atoms with E-state index < -0.39 is 23.9 Å². The minimum absolute atomic E-state index is 0.173. The number of carbonyl (C=O) groups is 3. The third-order valence-electron chi connectivity index (χ3n) is 4.90. The summed E-state index contributed by atoms with van der Waals surface area (Å²) in [7, 11) is 0. The van der Waals surface area contributed by atoms with Crippen LogP contribution in [0.1, 0.15) is 24.1 Å². The van der Waals surface area contributed by atoms with E-state index >= 15 is 0 Å². The second-order valence-electron chi connectivity index (χ2n) is 7.02. The average molecular weight is 413 g/mol. The Labute approximate surface area is 172 Å². The van der Waals surface area contributed by atoms with Crippen LogP contribution in [0.2, 0.25) is 0 Å². The molecular formula is C20H23N5O5. The second-order valence-corrected chi connectivity index (χ2v) is 7.02. The van der Waals surface area contributed by atoms with Gasteiger partial charge < -0.3 is 31.1 Å². The van der Waals surface area contributed by atoms with Gasteiger partial charge in [0.05, 0.1) is 6.33 Å². The highest BCUT2D eigenvalue weighted by Crippen LogP contribution is 2.25. The number of benzene rings is 1. The zero-order valence-electron chi connectivity index (χ0n) is 16.1. The number of phenols is 2. The Kier molecular flexibility index (Phi) is 6.35.